The topological polar surface area (TPSA) is 90.1 Å². The van der Waals surface area contributed by atoms with E-state index in [2.05, 4.69) is 34.3 Å². The first-order chi connectivity index (χ1) is 17.0. The zero-order chi connectivity index (χ0) is 24.6. The molecule has 1 spiro atoms. The second-order valence-corrected chi connectivity index (χ2v) is 9.65. The maximum atomic E-state index is 12.7. The number of likely N-dealkylation sites (tertiary alicyclic amines) is 1. The number of urea groups is 1. The van der Waals surface area contributed by atoms with Crippen molar-refractivity contribution in [3.63, 3.8) is 0 Å². The van der Waals surface area contributed by atoms with Crippen LogP contribution in [0.1, 0.15) is 36.2 Å². The van der Waals surface area contributed by atoms with Crippen LogP contribution in [0.15, 0.2) is 42.5 Å². The number of hydrogen-bond acceptors (Lipinski definition) is 5. The van der Waals surface area contributed by atoms with Crippen LogP contribution in [0.25, 0.3) is 10.9 Å². The minimum atomic E-state index is -0.212. The predicted octanol–water partition coefficient (Wildman–Crippen LogP) is 3.41. The van der Waals surface area contributed by atoms with Gasteiger partial charge in [-0.25, -0.2) is 4.79 Å². The van der Waals surface area contributed by atoms with E-state index in [4.69, 9.17) is 9.47 Å². The summed E-state index contributed by atoms with van der Waals surface area (Å²) in [4.78, 5) is 20.5. The molecule has 5 rings (SSSR count). The van der Waals surface area contributed by atoms with Gasteiger partial charge in [-0.2, -0.15) is 0 Å². The lowest BCUT2D eigenvalue weighted by Crippen LogP contribution is -2.68. The summed E-state index contributed by atoms with van der Waals surface area (Å²) in [6.45, 7) is 5.43. The Balaban J connectivity index is 1.54. The standard InChI is InChI=1S/C27H34N4O4/c1-4-10-28-26(33)31-16-27(17-31)15-30(13-18-6-5-7-19(11-18)34-2)23(14-32)25-24(27)21-9-8-20(35-3)12-22(21)29-25/h5-9,11-12,23,29,32H,4,10,13-17H2,1-3H3,(H,28,33)/t23-/m1/s1. The van der Waals surface area contributed by atoms with Crippen LogP contribution in [0.5, 0.6) is 11.5 Å². The molecule has 0 bridgehead atoms. The Morgan fingerprint density at radius 1 is 1.14 bits per heavy atom. The van der Waals surface area contributed by atoms with E-state index >= 15 is 0 Å². The summed E-state index contributed by atoms with van der Waals surface area (Å²) in [5.41, 5.74) is 4.14. The predicted molar refractivity (Wildman–Crippen MR) is 135 cm³/mol. The zero-order valence-electron chi connectivity index (χ0n) is 20.6. The van der Waals surface area contributed by atoms with Crippen molar-refractivity contribution in [3.05, 3.63) is 59.3 Å². The molecule has 3 N–H and O–H groups in total. The number of aromatic nitrogens is 1. The minimum absolute atomic E-state index is 0.00228. The van der Waals surface area contributed by atoms with E-state index in [0.29, 0.717) is 26.2 Å². The zero-order valence-corrected chi connectivity index (χ0v) is 20.6. The Hall–Kier alpha value is -3.23. The molecule has 186 valence electrons. The molecule has 2 aliphatic heterocycles. The first-order valence-electron chi connectivity index (χ1n) is 12.2. The van der Waals surface area contributed by atoms with Gasteiger partial charge in [0, 0.05) is 60.8 Å². The Bertz CT molecular complexity index is 1220. The third-order valence-corrected chi connectivity index (χ3v) is 7.34. The molecule has 3 heterocycles. The van der Waals surface area contributed by atoms with E-state index in [1.165, 1.54) is 5.56 Å². The molecule has 1 saturated heterocycles. The molecule has 1 atom stereocenters. The van der Waals surface area contributed by atoms with Crippen LogP contribution in [-0.2, 0) is 12.0 Å². The van der Waals surface area contributed by atoms with Crippen molar-refractivity contribution in [2.75, 3.05) is 47.0 Å². The third-order valence-electron chi connectivity index (χ3n) is 7.34. The quantitative estimate of drug-likeness (QED) is 0.484. The number of fused-ring (bicyclic) bond motifs is 4. The van der Waals surface area contributed by atoms with Gasteiger partial charge in [0.25, 0.3) is 0 Å². The molecule has 0 radical (unpaired) electrons. The number of ether oxygens (including phenoxy) is 2. The summed E-state index contributed by atoms with van der Waals surface area (Å²) in [6, 6.07) is 13.9. The molecule has 2 aromatic carbocycles. The van der Waals surface area contributed by atoms with Crippen LogP contribution < -0.4 is 14.8 Å². The van der Waals surface area contributed by atoms with Crippen LogP contribution in [0, 0.1) is 0 Å². The van der Waals surface area contributed by atoms with Gasteiger partial charge in [-0.15, -0.1) is 0 Å². The summed E-state index contributed by atoms with van der Waals surface area (Å²) in [5, 5.41) is 14.7. The van der Waals surface area contributed by atoms with Crippen molar-refractivity contribution in [3.8, 4) is 11.5 Å². The molecule has 8 nitrogen and oxygen atoms in total. The average Bonchev–Trinajstić information content (AvgIpc) is 3.24. The molecule has 0 saturated carbocycles. The molecule has 3 aromatic rings. The lowest BCUT2D eigenvalue weighted by Gasteiger charge is -2.56. The highest BCUT2D eigenvalue weighted by Crippen LogP contribution is 2.49. The average molecular weight is 479 g/mol. The fourth-order valence-corrected chi connectivity index (χ4v) is 5.71. The maximum Gasteiger partial charge on any atom is 0.317 e. The number of H-pyrrole nitrogens is 1. The highest BCUT2D eigenvalue weighted by atomic mass is 16.5. The van der Waals surface area contributed by atoms with Gasteiger partial charge in [0.2, 0.25) is 0 Å². The monoisotopic (exact) mass is 478 g/mol. The number of benzene rings is 2. The Morgan fingerprint density at radius 3 is 2.63 bits per heavy atom. The molecule has 1 aromatic heterocycles. The van der Waals surface area contributed by atoms with Gasteiger partial charge in [0.15, 0.2) is 0 Å². The van der Waals surface area contributed by atoms with Gasteiger partial charge >= 0.3 is 6.03 Å². The number of carbonyl (C=O) groups is 1. The van der Waals surface area contributed by atoms with Gasteiger partial charge in [-0.3, -0.25) is 4.90 Å². The van der Waals surface area contributed by atoms with E-state index in [0.717, 1.165) is 46.6 Å². The SMILES string of the molecule is CCCNC(=O)N1CC2(C1)CN(Cc1cccc(OC)c1)[C@H](CO)c1[nH]c3cc(OC)ccc3c12. The van der Waals surface area contributed by atoms with Crippen molar-refractivity contribution in [2.24, 2.45) is 0 Å². The number of carbonyl (C=O) groups excluding carboxylic acids is 1. The molecule has 0 unspecified atom stereocenters. The van der Waals surface area contributed by atoms with Crippen molar-refractivity contribution in [1.82, 2.24) is 20.1 Å². The second-order valence-electron chi connectivity index (χ2n) is 9.65. The number of rotatable bonds is 7. The van der Waals surface area contributed by atoms with E-state index < -0.39 is 0 Å². The number of aromatic amines is 1. The van der Waals surface area contributed by atoms with Crippen LogP contribution in [0.4, 0.5) is 4.79 Å². The van der Waals surface area contributed by atoms with Gasteiger partial charge < -0.3 is 29.8 Å². The second kappa shape index (κ2) is 9.43. The number of methoxy groups -OCH3 is 2. The van der Waals surface area contributed by atoms with Crippen molar-refractivity contribution in [2.45, 2.75) is 31.3 Å². The highest BCUT2D eigenvalue weighted by molar-refractivity contribution is 5.88. The molecule has 2 aliphatic rings. The van der Waals surface area contributed by atoms with Crippen LogP contribution in [-0.4, -0.2) is 72.9 Å². The molecule has 35 heavy (non-hydrogen) atoms. The number of nitrogens with one attached hydrogen (secondary N) is 2. The first kappa shape index (κ1) is 23.5. The van der Waals surface area contributed by atoms with E-state index in [9.17, 15) is 9.90 Å². The van der Waals surface area contributed by atoms with Crippen LogP contribution >= 0.6 is 0 Å². The molecule has 0 aliphatic carbocycles. The number of amides is 2. The summed E-state index contributed by atoms with van der Waals surface area (Å²) in [5.74, 6) is 1.60. The summed E-state index contributed by atoms with van der Waals surface area (Å²) in [6.07, 6.45) is 0.908. The third kappa shape index (κ3) is 4.10. The number of nitrogens with zero attached hydrogens (tertiary/aromatic N) is 2. The molecule has 2 amide bonds. The molecular formula is C27H34N4O4. The molecular weight excluding hydrogens is 444 g/mol. The number of aliphatic hydroxyl groups excluding tert-OH is 1. The van der Waals surface area contributed by atoms with Crippen LogP contribution in [0.3, 0.4) is 0 Å². The minimum Gasteiger partial charge on any atom is -0.497 e. The Labute approximate surface area is 205 Å². The van der Waals surface area contributed by atoms with E-state index in [1.807, 2.05) is 35.2 Å². The van der Waals surface area contributed by atoms with E-state index in [1.54, 1.807) is 14.2 Å². The fraction of sp³-hybridized carbons (Fsp3) is 0.444. The summed E-state index contributed by atoms with van der Waals surface area (Å²) >= 11 is 0. The van der Waals surface area contributed by atoms with E-state index in [-0.39, 0.29) is 24.1 Å². The maximum absolute atomic E-state index is 12.7. The number of hydrogen-bond donors (Lipinski definition) is 3. The fourth-order valence-electron chi connectivity index (χ4n) is 5.71. The largest absolute Gasteiger partial charge is 0.497 e. The molecule has 1 fully saturated rings. The van der Waals surface area contributed by atoms with Crippen molar-refractivity contribution < 1.29 is 19.4 Å². The van der Waals surface area contributed by atoms with Gasteiger partial charge in [-0.1, -0.05) is 19.1 Å². The Kier molecular flexibility index (Phi) is 6.34. The van der Waals surface area contributed by atoms with Gasteiger partial charge in [0.05, 0.1) is 26.9 Å². The smallest absolute Gasteiger partial charge is 0.317 e. The van der Waals surface area contributed by atoms with Crippen LogP contribution in [0.2, 0.25) is 0 Å². The molecule has 8 heteroatoms. The van der Waals surface area contributed by atoms with Gasteiger partial charge in [-0.05, 0) is 41.8 Å². The lowest BCUT2D eigenvalue weighted by molar-refractivity contribution is 0.00987. The lowest BCUT2D eigenvalue weighted by atomic mass is 9.68. The summed E-state index contributed by atoms with van der Waals surface area (Å²) < 4.78 is 10.9. The van der Waals surface area contributed by atoms with Crippen molar-refractivity contribution >= 4 is 16.9 Å². The van der Waals surface area contributed by atoms with Crippen molar-refractivity contribution in [1.29, 1.82) is 0 Å². The van der Waals surface area contributed by atoms with Gasteiger partial charge in [0.1, 0.15) is 11.5 Å². The number of aliphatic hydroxyl groups is 1. The summed E-state index contributed by atoms with van der Waals surface area (Å²) in [7, 11) is 3.33. The Morgan fingerprint density at radius 2 is 1.91 bits per heavy atom. The first-order valence-corrected chi connectivity index (χ1v) is 12.2. The normalized spacial score (nSPS) is 18.9. The highest BCUT2D eigenvalue weighted by Gasteiger charge is 2.54.